The normalized spacial score (nSPS) is 12.5. The zero-order valence-corrected chi connectivity index (χ0v) is 13.7. The number of benzene rings is 1. The van der Waals surface area contributed by atoms with Crippen LogP contribution in [0, 0.1) is 6.92 Å². The number of hydrogen-bond acceptors (Lipinski definition) is 4. The van der Waals surface area contributed by atoms with Crippen molar-refractivity contribution in [1.82, 2.24) is 0 Å². The smallest absolute Gasteiger partial charge is 0.0663 e. The molecule has 0 heterocycles. The lowest BCUT2D eigenvalue weighted by Crippen LogP contribution is -2.39. The molecule has 1 aromatic carbocycles. The van der Waals surface area contributed by atoms with E-state index in [-0.39, 0.29) is 6.04 Å². The molecule has 1 aromatic rings. The topological polar surface area (TPSA) is 47.7 Å². The second kappa shape index (κ2) is 7.72. The average Bonchev–Trinajstić information content (AvgIpc) is 2.36. The molecule has 108 valence electrons. The average molecular weight is 331 g/mol. The Labute approximate surface area is 124 Å². The number of anilines is 2. The molecule has 0 saturated heterocycles. The summed E-state index contributed by atoms with van der Waals surface area (Å²) < 4.78 is 11.4. The Morgan fingerprint density at radius 2 is 2.00 bits per heavy atom. The maximum Gasteiger partial charge on any atom is 0.0663 e. The second-order valence-electron chi connectivity index (χ2n) is 4.65. The van der Waals surface area contributed by atoms with Crippen LogP contribution in [0.2, 0.25) is 0 Å². The predicted octanol–water partition coefficient (Wildman–Crippen LogP) is 2.83. The third kappa shape index (κ3) is 4.37. The van der Waals surface area contributed by atoms with Crippen LogP contribution in [0.3, 0.4) is 0 Å². The molecule has 1 rings (SSSR count). The maximum absolute atomic E-state index is 5.93. The first-order chi connectivity index (χ1) is 9.01. The molecule has 0 fully saturated rings. The minimum Gasteiger partial charge on any atom is -0.398 e. The van der Waals surface area contributed by atoms with Gasteiger partial charge in [0.15, 0.2) is 0 Å². The number of aryl methyl sites for hydroxylation is 1. The maximum atomic E-state index is 5.93. The quantitative estimate of drug-likeness (QED) is 0.781. The summed E-state index contributed by atoms with van der Waals surface area (Å²) >= 11 is 3.59. The fourth-order valence-corrected chi connectivity index (χ4v) is 2.59. The highest BCUT2D eigenvalue weighted by Gasteiger charge is 2.17. The molecule has 4 nitrogen and oxygen atoms in total. The first-order valence-electron chi connectivity index (χ1n) is 6.31. The molecule has 0 aliphatic heterocycles. The molecule has 2 N–H and O–H groups in total. The highest BCUT2D eigenvalue weighted by molar-refractivity contribution is 9.10. The molecule has 5 heteroatoms. The van der Waals surface area contributed by atoms with E-state index in [0.29, 0.717) is 13.2 Å². The number of nitrogen functional groups attached to an aromatic ring is 1. The summed E-state index contributed by atoms with van der Waals surface area (Å²) in [5.41, 5.74) is 8.91. The van der Waals surface area contributed by atoms with Gasteiger partial charge in [0.05, 0.1) is 18.9 Å². The lowest BCUT2D eigenvalue weighted by molar-refractivity contribution is 0.171. The van der Waals surface area contributed by atoms with E-state index in [1.807, 2.05) is 13.0 Å². The highest BCUT2D eigenvalue weighted by atomic mass is 79.9. The van der Waals surface area contributed by atoms with Crippen LogP contribution in [0.15, 0.2) is 16.6 Å². The molecule has 1 atom stereocenters. The molecule has 0 spiro atoms. The highest BCUT2D eigenvalue weighted by Crippen LogP contribution is 2.32. The van der Waals surface area contributed by atoms with Crippen molar-refractivity contribution in [3.05, 3.63) is 22.2 Å². The second-order valence-corrected chi connectivity index (χ2v) is 5.51. The van der Waals surface area contributed by atoms with Gasteiger partial charge in [-0.2, -0.15) is 0 Å². The van der Waals surface area contributed by atoms with E-state index >= 15 is 0 Å². The fraction of sp³-hybridized carbons (Fsp3) is 0.571. The number of halogens is 1. The summed E-state index contributed by atoms with van der Waals surface area (Å²) in [5.74, 6) is 0. The zero-order chi connectivity index (χ0) is 14.4. The lowest BCUT2D eigenvalue weighted by Gasteiger charge is -2.32. The molecule has 0 bridgehead atoms. The number of methoxy groups -OCH3 is 2. The van der Waals surface area contributed by atoms with Crippen LogP contribution in [0.25, 0.3) is 0 Å². The van der Waals surface area contributed by atoms with Gasteiger partial charge in [-0.1, -0.05) is 0 Å². The van der Waals surface area contributed by atoms with Crippen molar-refractivity contribution in [2.45, 2.75) is 19.9 Å². The van der Waals surface area contributed by atoms with E-state index in [9.17, 15) is 0 Å². The molecule has 1 unspecified atom stereocenters. The zero-order valence-electron chi connectivity index (χ0n) is 12.1. The van der Waals surface area contributed by atoms with Gasteiger partial charge >= 0.3 is 0 Å². The SMILES string of the molecule is COCCN(c1cc(C)c(N)cc1Br)C(C)COC. The fourth-order valence-electron chi connectivity index (χ4n) is 2.00. The minimum absolute atomic E-state index is 0.263. The Kier molecular flexibility index (Phi) is 6.62. The van der Waals surface area contributed by atoms with Gasteiger partial charge < -0.3 is 20.1 Å². The lowest BCUT2D eigenvalue weighted by atomic mass is 10.1. The van der Waals surface area contributed by atoms with Crippen molar-refractivity contribution in [3.8, 4) is 0 Å². The molecule has 0 aromatic heterocycles. The number of nitrogens with two attached hydrogens (primary N) is 1. The van der Waals surface area contributed by atoms with Crippen LogP contribution < -0.4 is 10.6 Å². The molecule has 0 amide bonds. The van der Waals surface area contributed by atoms with Gasteiger partial charge in [-0.25, -0.2) is 0 Å². The summed E-state index contributed by atoms with van der Waals surface area (Å²) in [5, 5.41) is 0. The summed E-state index contributed by atoms with van der Waals surface area (Å²) in [6.45, 7) is 6.30. The van der Waals surface area contributed by atoms with Gasteiger partial charge in [0.1, 0.15) is 0 Å². The Balaban J connectivity index is 3.05. The largest absolute Gasteiger partial charge is 0.398 e. The van der Waals surface area contributed by atoms with Gasteiger partial charge in [-0.15, -0.1) is 0 Å². The van der Waals surface area contributed by atoms with E-state index < -0.39 is 0 Å². The third-order valence-electron chi connectivity index (χ3n) is 3.12. The van der Waals surface area contributed by atoms with E-state index in [1.54, 1.807) is 14.2 Å². The summed E-state index contributed by atoms with van der Waals surface area (Å²) in [7, 11) is 3.43. The van der Waals surface area contributed by atoms with Gasteiger partial charge in [0, 0.05) is 37.0 Å². The molecule has 19 heavy (non-hydrogen) atoms. The standard InChI is InChI=1S/C14H23BrN2O2/c1-10-7-14(12(15)8-13(10)16)17(5-6-18-3)11(2)9-19-4/h7-8,11H,5-6,9,16H2,1-4H3. The first-order valence-corrected chi connectivity index (χ1v) is 7.10. The molecular weight excluding hydrogens is 308 g/mol. The molecule has 0 saturated carbocycles. The molecule has 0 radical (unpaired) electrons. The van der Waals surface area contributed by atoms with Crippen LogP contribution in [0.5, 0.6) is 0 Å². The molecular formula is C14H23BrN2O2. The minimum atomic E-state index is 0.263. The first kappa shape index (κ1) is 16.3. The summed E-state index contributed by atoms with van der Waals surface area (Å²) in [4.78, 5) is 2.27. The Morgan fingerprint density at radius 1 is 1.32 bits per heavy atom. The van der Waals surface area contributed by atoms with Crippen molar-refractivity contribution in [2.75, 3.05) is 44.6 Å². The Morgan fingerprint density at radius 3 is 2.58 bits per heavy atom. The number of ether oxygens (including phenoxy) is 2. The van der Waals surface area contributed by atoms with Crippen molar-refractivity contribution < 1.29 is 9.47 Å². The Bertz CT molecular complexity index is 413. The van der Waals surface area contributed by atoms with Crippen LogP contribution in [-0.4, -0.2) is 40.0 Å². The van der Waals surface area contributed by atoms with Gasteiger partial charge in [0.2, 0.25) is 0 Å². The van der Waals surface area contributed by atoms with Crippen molar-refractivity contribution in [2.24, 2.45) is 0 Å². The van der Waals surface area contributed by atoms with Crippen LogP contribution in [-0.2, 0) is 9.47 Å². The van der Waals surface area contributed by atoms with E-state index in [4.69, 9.17) is 15.2 Å². The van der Waals surface area contributed by atoms with Crippen molar-refractivity contribution in [1.29, 1.82) is 0 Å². The molecule has 0 aliphatic rings. The van der Waals surface area contributed by atoms with Gasteiger partial charge in [0.25, 0.3) is 0 Å². The van der Waals surface area contributed by atoms with E-state index in [2.05, 4.69) is 33.8 Å². The van der Waals surface area contributed by atoms with Crippen LogP contribution >= 0.6 is 15.9 Å². The van der Waals surface area contributed by atoms with E-state index in [1.165, 1.54) is 0 Å². The van der Waals surface area contributed by atoms with Crippen molar-refractivity contribution in [3.63, 3.8) is 0 Å². The van der Waals surface area contributed by atoms with Gasteiger partial charge in [-0.3, -0.25) is 0 Å². The van der Waals surface area contributed by atoms with Crippen LogP contribution in [0.1, 0.15) is 12.5 Å². The molecule has 0 aliphatic carbocycles. The Hall–Kier alpha value is -0.780. The van der Waals surface area contributed by atoms with E-state index in [0.717, 1.165) is 28.0 Å². The number of hydrogen-bond donors (Lipinski definition) is 1. The number of nitrogens with zero attached hydrogens (tertiary/aromatic N) is 1. The third-order valence-corrected chi connectivity index (χ3v) is 3.76. The summed E-state index contributed by atoms with van der Waals surface area (Å²) in [6.07, 6.45) is 0. The van der Waals surface area contributed by atoms with Gasteiger partial charge in [-0.05, 0) is 47.5 Å². The monoisotopic (exact) mass is 330 g/mol. The summed E-state index contributed by atoms with van der Waals surface area (Å²) in [6, 6.07) is 4.31. The van der Waals surface area contributed by atoms with Crippen molar-refractivity contribution >= 4 is 27.3 Å². The number of rotatable bonds is 7. The van der Waals surface area contributed by atoms with Crippen LogP contribution in [0.4, 0.5) is 11.4 Å². The predicted molar refractivity (Wildman–Crippen MR) is 83.9 cm³/mol.